The quantitative estimate of drug-likeness (QED) is 0.596. The van der Waals surface area contributed by atoms with Crippen LogP contribution in [0.3, 0.4) is 0 Å². The van der Waals surface area contributed by atoms with Crippen LogP contribution in [0.1, 0.15) is 5.56 Å². The predicted molar refractivity (Wildman–Crippen MR) is 99.3 cm³/mol. The summed E-state index contributed by atoms with van der Waals surface area (Å²) in [7, 11) is 3.91. The van der Waals surface area contributed by atoms with Crippen molar-refractivity contribution in [1.82, 2.24) is 5.32 Å². The monoisotopic (exact) mass is 436 g/mol. The second kappa shape index (κ2) is 7.03. The molecule has 4 nitrogen and oxygen atoms in total. The number of hydrogen-bond donors (Lipinski definition) is 3. The number of anilines is 1. The summed E-state index contributed by atoms with van der Waals surface area (Å²) in [6, 6.07) is 7.71. The van der Waals surface area contributed by atoms with Crippen LogP contribution in [0.2, 0.25) is 0 Å². The van der Waals surface area contributed by atoms with Crippen molar-refractivity contribution in [2.75, 3.05) is 19.0 Å². The number of alkyl halides is 6. The molecule has 1 aliphatic rings. The zero-order valence-corrected chi connectivity index (χ0v) is 16.6. The van der Waals surface area contributed by atoms with Crippen molar-refractivity contribution in [1.29, 1.82) is 0 Å². The SMILES string of the molecule is CN(C)c1ccc(C2=[NH+]C(C(Cl)(Cl)Cl)[NH+]=C(C(Cl)(Cl)Cl)N2)cc1. The lowest BCUT2D eigenvalue weighted by Crippen LogP contribution is -3.10. The first-order chi connectivity index (χ1) is 10.5. The maximum atomic E-state index is 5.96. The van der Waals surface area contributed by atoms with Crippen molar-refractivity contribution >= 4 is 87.0 Å². The summed E-state index contributed by atoms with van der Waals surface area (Å²) in [4.78, 5) is 7.87. The Labute approximate surface area is 164 Å². The average Bonchev–Trinajstić information content (AvgIpc) is 2.45. The molecule has 3 N–H and O–H groups in total. The second-order valence-electron chi connectivity index (χ2n) is 5.08. The summed E-state index contributed by atoms with van der Waals surface area (Å²) in [6.07, 6.45) is -0.775. The van der Waals surface area contributed by atoms with E-state index in [1.54, 1.807) is 0 Å². The molecule has 0 bridgehead atoms. The zero-order valence-electron chi connectivity index (χ0n) is 12.1. The Morgan fingerprint density at radius 2 is 1.52 bits per heavy atom. The van der Waals surface area contributed by atoms with Gasteiger partial charge in [-0.3, -0.25) is 0 Å². The highest BCUT2D eigenvalue weighted by Crippen LogP contribution is 2.28. The number of benzene rings is 1. The molecule has 2 rings (SSSR count). The van der Waals surface area contributed by atoms with Crippen LogP contribution in [0, 0.1) is 0 Å². The van der Waals surface area contributed by atoms with Crippen LogP contribution in [-0.2, 0) is 0 Å². The number of halogens is 6. The summed E-state index contributed by atoms with van der Waals surface area (Å²) in [5.74, 6) is 0.760. The molecule has 126 valence electrons. The minimum Gasteiger partial charge on any atom is -0.378 e. The summed E-state index contributed by atoms with van der Waals surface area (Å²) in [5.41, 5.74) is 1.87. The van der Waals surface area contributed by atoms with E-state index in [-0.39, 0.29) is 5.84 Å². The summed E-state index contributed by atoms with van der Waals surface area (Å²) >= 11 is 35.7. The van der Waals surface area contributed by atoms with E-state index in [4.69, 9.17) is 69.6 Å². The number of nitrogens with one attached hydrogen (secondary N) is 3. The first-order valence-corrected chi connectivity index (χ1v) is 8.71. The van der Waals surface area contributed by atoms with Crippen LogP contribution in [0.5, 0.6) is 0 Å². The van der Waals surface area contributed by atoms with Crippen LogP contribution in [0.15, 0.2) is 24.3 Å². The Balaban J connectivity index is 2.39. The first-order valence-electron chi connectivity index (χ1n) is 6.44. The fraction of sp³-hybridized carbons (Fsp3) is 0.385. The van der Waals surface area contributed by atoms with Gasteiger partial charge in [0.05, 0.1) is 5.56 Å². The number of hydrogen-bond acceptors (Lipinski definition) is 2. The van der Waals surface area contributed by atoms with Crippen molar-refractivity contribution in [3.05, 3.63) is 29.8 Å². The number of nitrogens with zero attached hydrogens (tertiary/aromatic N) is 1. The molecule has 0 amide bonds. The molecule has 0 aliphatic carbocycles. The lowest BCUT2D eigenvalue weighted by atomic mass is 10.1. The molecule has 1 heterocycles. The van der Waals surface area contributed by atoms with Gasteiger partial charge in [0, 0.05) is 19.8 Å². The van der Waals surface area contributed by atoms with E-state index in [2.05, 4.69) is 15.3 Å². The zero-order chi connectivity index (χ0) is 17.4. The van der Waals surface area contributed by atoms with Gasteiger partial charge >= 0.3 is 5.84 Å². The normalized spacial score (nSPS) is 18.9. The van der Waals surface area contributed by atoms with E-state index in [1.807, 2.05) is 43.3 Å². The van der Waals surface area contributed by atoms with Gasteiger partial charge in [-0.15, -0.1) is 0 Å². The average molecular weight is 439 g/mol. The first kappa shape index (κ1) is 19.2. The summed E-state index contributed by atoms with van der Waals surface area (Å²) in [6.45, 7) is 0. The molecule has 0 saturated heterocycles. The molecule has 10 heteroatoms. The highest BCUT2D eigenvalue weighted by atomic mass is 35.6. The molecule has 0 radical (unpaired) electrons. The lowest BCUT2D eigenvalue weighted by Gasteiger charge is -2.21. The Bertz CT molecular complexity index is 627. The fourth-order valence-corrected chi connectivity index (χ4v) is 2.55. The van der Waals surface area contributed by atoms with Crippen LogP contribution < -0.4 is 20.2 Å². The Morgan fingerprint density at radius 1 is 0.957 bits per heavy atom. The molecular weight excluding hydrogens is 425 g/mol. The Kier molecular flexibility index (Phi) is 5.87. The van der Waals surface area contributed by atoms with Crippen molar-refractivity contribution in [3.8, 4) is 0 Å². The fourth-order valence-electron chi connectivity index (χ4n) is 1.92. The Morgan fingerprint density at radius 3 is 1.96 bits per heavy atom. The maximum Gasteiger partial charge on any atom is 0.307 e. The molecular formula is C13H14Cl6N4+2. The maximum absolute atomic E-state index is 5.96. The van der Waals surface area contributed by atoms with Crippen LogP contribution in [0.4, 0.5) is 5.69 Å². The molecule has 1 aromatic rings. The molecule has 1 aromatic carbocycles. The molecule has 0 spiro atoms. The summed E-state index contributed by atoms with van der Waals surface area (Å²) < 4.78 is -3.37. The highest BCUT2D eigenvalue weighted by Gasteiger charge is 2.46. The molecule has 23 heavy (non-hydrogen) atoms. The van der Waals surface area contributed by atoms with Crippen molar-refractivity contribution in [2.45, 2.75) is 13.8 Å². The highest BCUT2D eigenvalue weighted by molar-refractivity contribution is 6.76. The molecule has 1 aliphatic heterocycles. The van der Waals surface area contributed by atoms with Gasteiger partial charge in [-0.2, -0.15) is 0 Å². The van der Waals surface area contributed by atoms with Crippen LogP contribution in [-0.4, -0.2) is 39.5 Å². The van der Waals surface area contributed by atoms with Gasteiger partial charge in [0.2, 0.25) is 0 Å². The van der Waals surface area contributed by atoms with E-state index >= 15 is 0 Å². The predicted octanol–water partition coefficient (Wildman–Crippen LogP) is 0.729. The minimum absolute atomic E-state index is 0.198. The summed E-state index contributed by atoms with van der Waals surface area (Å²) in [5, 5.41) is 2.99. The van der Waals surface area contributed by atoms with Gasteiger partial charge in [-0.05, 0) is 24.3 Å². The van der Waals surface area contributed by atoms with E-state index in [0.717, 1.165) is 11.3 Å². The molecule has 0 fully saturated rings. The topological polar surface area (TPSA) is 43.2 Å². The van der Waals surface area contributed by atoms with Gasteiger partial charge in [-0.1, -0.05) is 69.6 Å². The van der Waals surface area contributed by atoms with Crippen molar-refractivity contribution in [3.63, 3.8) is 0 Å². The molecule has 1 unspecified atom stereocenters. The lowest BCUT2D eigenvalue weighted by molar-refractivity contribution is -0.740. The van der Waals surface area contributed by atoms with E-state index in [0.29, 0.717) is 5.84 Å². The van der Waals surface area contributed by atoms with Crippen LogP contribution in [0.25, 0.3) is 0 Å². The second-order valence-corrected chi connectivity index (χ2v) is 9.73. The number of amidine groups is 2. The van der Waals surface area contributed by atoms with Gasteiger partial charge < -0.3 is 4.90 Å². The van der Waals surface area contributed by atoms with Crippen LogP contribution >= 0.6 is 69.6 Å². The molecule has 1 atom stereocenters. The van der Waals surface area contributed by atoms with E-state index < -0.39 is 13.8 Å². The van der Waals surface area contributed by atoms with Crippen molar-refractivity contribution < 1.29 is 9.98 Å². The van der Waals surface area contributed by atoms with Gasteiger partial charge in [0.1, 0.15) is 0 Å². The van der Waals surface area contributed by atoms with Gasteiger partial charge in [0.15, 0.2) is 0 Å². The van der Waals surface area contributed by atoms with Gasteiger partial charge in [0.25, 0.3) is 19.6 Å². The van der Waals surface area contributed by atoms with E-state index in [9.17, 15) is 0 Å². The largest absolute Gasteiger partial charge is 0.378 e. The molecule has 0 saturated carbocycles. The van der Waals surface area contributed by atoms with Gasteiger partial charge in [-0.25, -0.2) is 15.3 Å². The minimum atomic E-state index is -1.72. The van der Waals surface area contributed by atoms with E-state index in [1.165, 1.54) is 0 Å². The standard InChI is InChI=1S/C13H12Cl6N4/c1-23(2)8-5-3-7(4-6-8)9-20-10(12(14,15)16)22-11(21-9)13(17,18)19/h3-6,10H,1-2H3,(H,20,21,22)/p+2. The third-order valence-electron chi connectivity index (χ3n) is 3.11. The molecule has 0 aromatic heterocycles. The number of rotatable bonds is 2. The van der Waals surface area contributed by atoms with Crippen molar-refractivity contribution in [2.24, 2.45) is 0 Å². The third-order valence-corrected chi connectivity index (χ3v) is 4.33. The third kappa shape index (κ3) is 4.94. The smallest absolute Gasteiger partial charge is 0.307 e. The Hall–Kier alpha value is -0.100.